The molecule has 542 valence electrons. The van der Waals surface area contributed by atoms with Crippen molar-refractivity contribution in [2.75, 3.05) is 50.2 Å². The van der Waals surface area contributed by atoms with Crippen molar-refractivity contribution >= 4 is 93.6 Å². The van der Waals surface area contributed by atoms with E-state index in [0.29, 0.717) is 87.7 Å². The molecular weight excluding hydrogens is 1380 g/mol. The van der Waals surface area contributed by atoms with Gasteiger partial charge in [0.25, 0.3) is 11.1 Å². The number of carbonyl (C=O) groups is 6. The van der Waals surface area contributed by atoms with Gasteiger partial charge in [0.1, 0.15) is 60.1 Å². The van der Waals surface area contributed by atoms with Crippen LogP contribution in [0.2, 0.25) is 20.1 Å². The molecule has 0 unspecified atom stereocenters. The standard InChI is InChI=1S/C78H90Cl4N8O12/c1-17-61(85(13)73(97)101-75(3,4)5)67(91)83-59(71(95)89-45-77(9,10)65-63(89)41-51(69(93)87(65)15)39-49-27-29-53(79)43-57(49)81)37-47-23-31-55(32-24-47)99-35-21-19-20-22-36-100-56-33-25-48(26-34-56)38-60(84-68(92)62(18-2)86(14)74(98)102-76(6,7)8)72(96)90-46-78(11,12)66-64(90)42-52(70(94)88(66)16)40-50-28-30-54(80)44-58(50)82/h23-34,41-44,59-62H,17-18,35-40,45-46H2,1-16H3,(H,83,91)(H,84,92)/t59-,60-,61-,62-/m0/s1. The number of nitrogens with zero attached hydrogens (tertiary/aromatic N) is 6. The number of anilines is 2. The third-order valence-electron chi connectivity index (χ3n) is 17.7. The van der Waals surface area contributed by atoms with Crippen molar-refractivity contribution < 1.29 is 47.7 Å². The van der Waals surface area contributed by atoms with Gasteiger partial charge in [-0.2, -0.15) is 0 Å². The number of pyridine rings is 2. The molecular formula is C78H90Cl4N8O12. The molecule has 0 radical (unpaired) electrons. The van der Waals surface area contributed by atoms with Crippen molar-refractivity contribution in [3.05, 3.63) is 183 Å². The van der Waals surface area contributed by atoms with Crippen molar-refractivity contribution in [1.82, 2.24) is 29.6 Å². The molecule has 0 saturated heterocycles. The van der Waals surface area contributed by atoms with E-state index >= 15 is 9.59 Å². The number of hydrogen-bond acceptors (Lipinski definition) is 12. The van der Waals surface area contributed by atoms with E-state index in [0.717, 1.165) is 0 Å². The Morgan fingerprint density at radius 2 is 0.873 bits per heavy atom. The van der Waals surface area contributed by atoms with Crippen LogP contribution in [0.5, 0.6) is 11.5 Å². The Balaban J connectivity index is 0.938. The fraction of sp³-hybridized carbons (Fsp3) is 0.436. The predicted molar refractivity (Wildman–Crippen MR) is 400 cm³/mol. The molecule has 0 fully saturated rings. The third kappa shape index (κ3) is 19.2. The van der Waals surface area contributed by atoms with Gasteiger partial charge in [-0.05, 0) is 161 Å². The van der Waals surface area contributed by atoms with E-state index in [1.807, 2.05) is 27.7 Å². The molecule has 2 aromatic heterocycles. The topological polar surface area (TPSA) is 220 Å². The van der Waals surface area contributed by atoms with Crippen molar-refractivity contribution in [1.29, 1.82) is 0 Å². The van der Waals surface area contributed by atoms with Crippen LogP contribution in [0.25, 0.3) is 0 Å². The lowest BCUT2D eigenvalue weighted by atomic mass is 9.90. The number of likely N-dealkylation sites (N-methyl/N-ethyl adjacent to an activating group) is 2. The molecule has 102 heavy (non-hydrogen) atoms. The monoisotopic (exact) mass is 1470 g/mol. The van der Waals surface area contributed by atoms with Gasteiger partial charge in [0.15, 0.2) is 0 Å². The Labute approximate surface area is 617 Å². The number of halogens is 4. The molecule has 2 aliphatic rings. The highest BCUT2D eigenvalue weighted by atomic mass is 35.5. The quantitative estimate of drug-likeness (QED) is 0.0606. The summed E-state index contributed by atoms with van der Waals surface area (Å²) in [6.45, 7) is 22.1. The number of benzene rings is 4. The zero-order valence-electron chi connectivity index (χ0n) is 60.7. The first-order valence-corrected chi connectivity index (χ1v) is 35.2. The zero-order chi connectivity index (χ0) is 75.1. The molecule has 4 aromatic carbocycles. The van der Waals surface area contributed by atoms with Crippen LogP contribution >= 0.6 is 46.4 Å². The number of rotatable bonds is 22. The Bertz CT molecular complexity index is 4160. The van der Waals surface area contributed by atoms with Gasteiger partial charge in [-0.1, -0.05) is 124 Å². The highest BCUT2D eigenvalue weighted by Gasteiger charge is 2.46. The number of ether oxygens (including phenoxy) is 4. The number of carbonyl (C=O) groups excluding carboxylic acids is 6. The maximum atomic E-state index is 15.2. The van der Waals surface area contributed by atoms with E-state index < -0.39 is 82.0 Å². The minimum Gasteiger partial charge on any atom is -0.481 e. The average Bonchev–Trinajstić information content (AvgIpc) is 1.58. The van der Waals surface area contributed by atoms with Gasteiger partial charge in [0.2, 0.25) is 23.6 Å². The fourth-order valence-electron chi connectivity index (χ4n) is 12.9. The van der Waals surface area contributed by atoms with Gasteiger partial charge in [-0.15, -0.1) is 0 Å². The van der Waals surface area contributed by atoms with Gasteiger partial charge < -0.3 is 48.5 Å². The van der Waals surface area contributed by atoms with Crippen LogP contribution in [0.4, 0.5) is 21.0 Å². The Kier molecular flexibility index (Phi) is 25.2. The second-order valence-corrected chi connectivity index (χ2v) is 30.7. The number of amides is 6. The van der Waals surface area contributed by atoms with E-state index in [2.05, 4.69) is 34.3 Å². The van der Waals surface area contributed by atoms with Gasteiger partial charge in [0.05, 0.1) is 22.8 Å². The molecule has 6 amide bonds. The summed E-state index contributed by atoms with van der Waals surface area (Å²) in [6, 6.07) is 23.4. The first-order chi connectivity index (χ1) is 47.8. The van der Waals surface area contributed by atoms with Gasteiger partial charge in [-0.3, -0.25) is 38.6 Å². The van der Waals surface area contributed by atoms with Crippen LogP contribution in [-0.2, 0) is 79.3 Å². The van der Waals surface area contributed by atoms with E-state index in [1.165, 1.54) is 23.9 Å². The summed E-state index contributed by atoms with van der Waals surface area (Å²) in [7, 11) is 6.34. The summed E-state index contributed by atoms with van der Waals surface area (Å²) in [5.74, 6) is 10.3. The lowest BCUT2D eigenvalue weighted by Crippen LogP contribution is -2.56. The first-order valence-electron chi connectivity index (χ1n) is 33.7. The maximum absolute atomic E-state index is 15.2. The van der Waals surface area contributed by atoms with Gasteiger partial charge >= 0.3 is 12.2 Å². The first kappa shape index (κ1) is 78.8. The average molecular weight is 1470 g/mol. The van der Waals surface area contributed by atoms with Crippen molar-refractivity contribution in [2.45, 2.75) is 168 Å². The Morgan fingerprint density at radius 1 is 0.529 bits per heavy atom. The van der Waals surface area contributed by atoms with Crippen molar-refractivity contribution in [3.63, 3.8) is 0 Å². The maximum Gasteiger partial charge on any atom is 0.410 e. The molecule has 6 aromatic rings. The molecule has 20 nitrogen and oxygen atoms in total. The van der Waals surface area contributed by atoms with E-state index in [4.69, 9.17) is 65.4 Å². The lowest BCUT2D eigenvalue weighted by molar-refractivity contribution is -0.130. The summed E-state index contributed by atoms with van der Waals surface area (Å²) in [4.78, 5) is 119. The smallest absolute Gasteiger partial charge is 0.410 e. The Hall–Kier alpha value is -8.92. The summed E-state index contributed by atoms with van der Waals surface area (Å²) in [5, 5.41) is 7.67. The molecule has 8 rings (SSSR count). The van der Waals surface area contributed by atoms with E-state index in [1.54, 1.807) is 185 Å². The van der Waals surface area contributed by atoms with Crippen LogP contribution in [0.3, 0.4) is 0 Å². The molecule has 0 aliphatic carbocycles. The van der Waals surface area contributed by atoms with E-state index in [-0.39, 0.29) is 75.9 Å². The van der Waals surface area contributed by atoms with Crippen LogP contribution in [-0.4, -0.2) is 131 Å². The molecule has 4 heterocycles. The summed E-state index contributed by atoms with van der Waals surface area (Å²) in [5.41, 5.74) is 2.43. The molecule has 4 atom stereocenters. The minimum absolute atomic E-state index is 0.0121. The van der Waals surface area contributed by atoms with Crippen LogP contribution in [0.1, 0.15) is 141 Å². The van der Waals surface area contributed by atoms with Crippen molar-refractivity contribution in [2.24, 2.45) is 14.1 Å². The molecule has 2 N–H and O–H groups in total. The largest absolute Gasteiger partial charge is 0.481 e. The SMILES string of the molecule is CC[C@@H](C(=O)N[C@@H](Cc1ccc(OCC#CC#CCOc2ccc(C[C@H](NC(=O)[C@H](CC)N(C)C(=O)OC(C)(C)C)C(=O)N3CC(C)(C)c4c3cc(Cc3ccc(Cl)cc3Cl)c(=O)n4C)cc2)cc1)C(=O)N1CC(C)(C)c2c1cc(Cc1ccc(Cl)cc1Cl)c(=O)n2C)N(C)C(=O)OC(C)(C)C. The number of fused-ring (bicyclic) bond motifs is 2. The molecule has 0 spiro atoms. The molecule has 2 aliphatic heterocycles. The van der Waals surface area contributed by atoms with Crippen LogP contribution in [0.15, 0.2) is 107 Å². The number of aromatic nitrogens is 2. The Morgan fingerprint density at radius 3 is 1.19 bits per heavy atom. The highest BCUT2D eigenvalue weighted by Crippen LogP contribution is 2.43. The second-order valence-electron chi connectivity index (χ2n) is 29.0. The normalized spacial score (nSPS) is 14.6. The summed E-state index contributed by atoms with van der Waals surface area (Å²) in [6.07, 6.45) is -0.499. The predicted octanol–water partition coefficient (Wildman–Crippen LogP) is 12.3. The van der Waals surface area contributed by atoms with Crippen molar-refractivity contribution in [3.8, 4) is 35.2 Å². The van der Waals surface area contributed by atoms with E-state index in [9.17, 15) is 28.8 Å². The fourth-order valence-corrected chi connectivity index (χ4v) is 13.8. The van der Waals surface area contributed by atoms with Crippen LogP contribution in [0, 0.1) is 23.7 Å². The van der Waals surface area contributed by atoms with Gasteiger partial charge in [-0.25, -0.2) is 9.59 Å². The lowest BCUT2D eigenvalue weighted by Gasteiger charge is -2.31. The summed E-state index contributed by atoms with van der Waals surface area (Å²) >= 11 is 25.6. The minimum atomic E-state index is -1.14. The number of hydrogen-bond donors (Lipinski definition) is 2. The number of nitrogens with one attached hydrogen (secondary N) is 2. The van der Waals surface area contributed by atoms with Gasteiger partial charge in [0, 0.05) is 109 Å². The highest BCUT2D eigenvalue weighted by molar-refractivity contribution is 6.35. The second kappa shape index (κ2) is 32.6. The molecule has 0 saturated carbocycles. The summed E-state index contributed by atoms with van der Waals surface area (Å²) < 4.78 is 26.2. The molecule has 24 heteroatoms. The zero-order valence-corrected chi connectivity index (χ0v) is 63.7. The molecule has 0 bridgehead atoms. The van der Waals surface area contributed by atoms with Crippen LogP contribution < -0.4 is 41.0 Å². The third-order valence-corrected chi connectivity index (χ3v) is 18.9.